The van der Waals surface area contributed by atoms with E-state index in [1.165, 1.54) is 41.7 Å². The van der Waals surface area contributed by atoms with Crippen molar-refractivity contribution in [1.29, 1.82) is 0 Å². The number of carbonyl (C=O) groups is 1. The van der Waals surface area contributed by atoms with Crippen LogP contribution in [0.4, 0.5) is 0 Å². The van der Waals surface area contributed by atoms with E-state index < -0.39 is 0 Å². The summed E-state index contributed by atoms with van der Waals surface area (Å²) in [5.74, 6) is 0.431. The van der Waals surface area contributed by atoms with E-state index in [1.54, 1.807) is 0 Å². The molecule has 1 saturated heterocycles. The van der Waals surface area contributed by atoms with E-state index in [2.05, 4.69) is 35.3 Å². The topological polar surface area (TPSA) is 20.3 Å². The second kappa shape index (κ2) is 5.34. The largest absolute Gasteiger partial charge is 0.371 e. The molecular weight excluding hydrogens is 294 g/mol. The van der Waals surface area contributed by atoms with Crippen molar-refractivity contribution in [2.75, 3.05) is 13.1 Å². The number of piperidine rings is 1. The molecule has 1 heterocycles. The van der Waals surface area contributed by atoms with Gasteiger partial charge in [0, 0.05) is 35.8 Å². The molecule has 1 atom stereocenters. The van der Waals surface area contributed by atoms with E-state index in [-0.39, 0.29) is 11.7 Å². The second-order valence-corrected chi connectivity index (χ2v) is 7.10. The van der Waals surface area contributed by atoms with E-state index in [0.717, 1.165) is 30.6 Å². The Morgan fingerprint density at radius 1 is 1.00 bits per heavy atom. The van der Waals surface area contributed by atoms with Crippen LogP contribution in [0, 0.1) is 0 Å². The molecule has 0 N–H and O–H groups in total. The molecule has 1 aromatic rings. The van der Waals surface area contributed by atoms with Crippen molar-refractivity contribution < 1.29 is 4.79 Å². The third-order valence-corrected chi connectivity index (χ3v) is 5.77. The Kier molecular flexibility index (Phi) is 3.12. The van der Waals surface area contributed by atoms with Gasteiger partial charge in [0.2, 0.25) is 0 Å². The molecule has 0 bridgehead atoms. The summed E-state index contributed by atoms with van der Waals surface area (Å²) >= 11 is 0. The first-order valence-electron chi connectivity index (χ1n) is 9.05. The van der Waals surface area contributed by atoms with Gasteiger partial charge in [0.25, 0.3) is 0 Å². The third-order valence-electron chi connectivity index (χ3n) is 5.77. The highest BCUT2D eigenvalue weighted by atomic mass is 16.1. The molecule has 2 heteroatoms. The molecule has 1 unspecified atom stereocenters. The first-order valence-corrected chi connectivity index (χ1v) is 9.05. The smallest absolute Gasteiger partial charge is 0.193 e. The van der Waals surface area contributed by atoms with Crippen LogP contribution < -0.4 is 0 Å². The van der Waals surface area contributed by atoms with Crippen LogP contribution in [0.5, 0.6) is 0 Å². The molecule has 4 aliphatic rings. The molecule has 0 aromatic heterocycles. The summed E-state index contributed by atoms with van der Waals surface area (Å²) in [6.07, 6.45) is 13.7. The Morgan fingerprint density at radius 3 is 2.71 bits per heavy atom. The molecular formula is C22H21NO. The second-order valence-electron chi connectivity index (χ2n) is 7.10. The Labute approximate surface area is 142 Å². The van der Waals surface area contributed by atoms with Crippen LogP contribution in [0.3, 0.4) is 0 Å². The Morgan fingerprint density at radius 2 is 1.83 bits per heavy atom. The summed E-state index contributed by atoms with van der Waals surface area (Å²) in [6, 6.07) is 8.11. The number of fused-ring (bicyclic) bond motifs is 2. The summed E-state index contributed by atoms with van der Waals surface area (Å²) in [5.41, 5.74) is 6.96. The predicted molar refractivity (Wildman–Crippen MR) is 95.9 cm³/mol. The molecule has 1 aliphatic heterocycles. The van der Waals surface area contributed by atoms with Crippen molar-refractivity contribution in [3.8, 4) is 0 Å². The minimum absolute atomic E-state index is 0.193. The summed E-state index contributed by atoms with van der Waals surface area (Å²) in [6.45, 7) is 2.29. The van der Waals surface area contributed by atoms with Crippen LogP contribution in [-0.4, -0.2) is 23.8 Å². The maximum absolute atomic E-state index is 13.0. The van der Waals surface area contributed by atoms with Crippen molar-refractivity contribution in [2.45, 2.75) is 31.6 Å². The number of allylic oxidation sites excluding steroid dienone is 7. The van der Waals surface area contributed by atoms with Gasteiger partial charge in [-0.05, 0) is 48.5 Å². The number of hydrogen-bond acceptors (Lipinski definition) is 2. The monoisotopic (exact) mass is 315 g/mol. The molecule has 120 valence electrons. The number of likely N-dealkylation sites (tertiary alicyclic amines) is 1. The standard InChI is InChI=1S/C22H21NO/c24-22-17-8-3-2-7-15(17)16-11-12-20(23-13-4-1-5-14-23)18-9-6-10-19(22)21(16)18/h2-3,6-8,10-12,16H,1,4-5,9,13-14H2. The molecule has 5 rings (SSSR count). The minimum atomic E-state index is 0.193. The highest BCUT2D eigenvalue weighted by Crippen LogP contribution is 2.47. The highest BCUT2D eigenvalue weighted by Gasteiger charge is 2.36. The summed E-state index contributed by atoms with van der Waals surface area (Å²) < 4.78 is 0. The van der Waals surface area contributed by atoms with Gasteiger partial charge in [-0.15, -0.1) is 0 Å². The van der Waals surface area contributed by atoms with Gasteiger partial charge in [-0.25, -0.2) is 0 Å². The summed E-state index contributed by atoms with van der Waals surface area (Å²) in [7, 11) is 0. The quantitative estimate of drug-likeness (QED) is 0.758. The van der Waals surface area contributed by atoms with E-state index in [9.17, 15) is 4.79 Å². The first-order chi connectivity index (χ1) is 11.8. The number of ketones is 1. The molecule has 0 amide bonds. The number of rotatable bonds is 1. The van der Waals surface area contributed by atoms with Crippen LogP contribution in [0.1, 0.15) is 47.5 Å². The van der Waals surface area contributed by atoms with Crippen molar-refractivity contribution >= 4 is 5.78 Å². The normalized spacial score (nSPS) is 25.1. The highest BCUT2D eigenvalue weighted by molar-refractivity contribution is 6.14. The van der Waals surface area contributed by atoms with E-state index in [4.69, 9.17) is 0 Å². The van der Waals surface area contributed by atoms with Crippen LogP contribution in [0.2, 0.25) is 0 Å². The predicted octanol–water partition coefficient (Wildman–Crippen LogP) is 4.53. The molecule has 0 radical (unpaired) electrons. The lowest BCUT2D eigenvalue weighted by Gasteiger charge is -2.39. The third kappa shape index (κ3) is 1.92. The van der Waals surface area contributed by atoms with Gasteiger partial charge < -0.3 is 4.90 Å². The lowest BCUT2D eigenvalue weighted by atomic mass is 9.69. The Balaban J connectivity index is 1.68. The lowest BCUT2D eigenvalue weighted by Crippen LogP contribution is -2.32. The fourth-order valence-corrected chi connectivity index (χ4v) is 4.65. The average molecular weight is 315 g/mol. The van der Waals surface area contributed by atoms with Crippen molar-refractivity contribution in [2.24, 2.45) is 0 Å². The van der Waals surface area contributed by atoms with Gasteiger partial charge in [-0.2, -0.15) is 0 Å². The molecule has 1 aromatic carbocycles. The van der Waals surface area contributed by atoms with Gasteiger partial charge >= 0.3 is 0 Å². The van der Waals surface area contributed by atoms with Gasteiger partial charge in [0.05, 0.1) is 0 Å². The maximum atomic E-state index is 13.0. The number of carbonyl (C=O) groups excluding carboxylic acids is 1. The average Bonchev–Trinajstić information content (AvgIpc) is 2.66. The number of hydrogen-bond donors (Lipinski definition) is 0. The van der Waals surface area contributed by atoms with Gasteiger partial charge in [0.1, 0.15) is 0 Å². The molecule has 24 heavy (non-hydrogen) atoms. The van der Waals surface area contributed by atoms with Gasteiger partial charge in [0.15, 0.2) is 5.78 Å². The molecule has 0 spiro atoms. The fourth-order valence-electron chi connectivity index (χ4n) is 4.65. The number of nitrogens with zero attached hydrogens (tertiary/aromatic N) is 1. The summed E-state index contributed by atoms with van der Waals surface area (Å²) in [5, 5.41) is 0. The van der Waals surface area contributed by atoms with Gasteiger partial charge in [-0.1, -0.05) is 42.5 Å². The SMILES string of the molecule is O=C1C2=C3C(=C(N4CCCCC4)C=CC3c3ccccc31)CC=C2. The van der Waals surface area contributed by atoms with Crippen molar-refractivity contribution in [3.63, 3.8) is 0 Å². The van der Waals surface area contributed by atoms with Crippen LogP contribution >= 0.6 is 0 Å². The van der Waals surface area contributed by atoms with E-state index >= 15 is 0 Å². The summed E-state index contributed by atoms with van der Waals surface area (Å²) in [4.78, 5) is 15.5. The zero-order valence-electron chi connectivity index (χ0n) is 13.8. The molecule has 2 nitrogen and oxygen atoms in total. The van der Waals surface area contributed by atoms with E-state index in [1.807, 2.05) is 18.2 Å². The zero-order valence-corrected chi connectivity index (χ0v) is 13.8. The van der Waals surface area contributed by atoms with Crippen molar-refractivity contribution in [1.82, 2.24) is 4.90 Å². The maximum Gasteiger partial charge on any atom is 0.193 e. The Bertz CT molecular complexity index is 846. The van der Waals surface area contributed by atoms with Gasteiger partial charge in [-0.3, -0.25) is 4.79 Å². The fraction of sp³-hybridized carbons (Fsp3) is 0.318. The van der Waals surface area contributed by atoms with E-state index in [0.29, 0.717) is 0 Å². The number of benzene rings is 1. The van der Waals surface area contributed by atoms with Crippen molar-refractivity contribution in [3.05, 3.63) is 82.1 Å². The number of Topliss-reactive ketones (excluding diaryl/α,β-unsaturated/α-hetero) is 1. The lowest BCUT2D eigenvalue weighted by molar-refractivity contribution is 0.103. The molecule has 1 fully saturated rings. The minimum Gasteiger partial charge on any atom is -0.371 e. The molecule has 3 aliphatic carbocycles. The first kappa shape index (κ1) is 14.0. The zero-order chi connectivity index (χ0) is 16.1. The Hall–Kier alpha value is -2.35. The molecule has 0 saturated carbocycles. The van der Waals surface area contributed by atoms with Crippen LogP contribution in [0.15, 0.2) is 71.0 Å². The van der Waals surface area contributed by atoms with Crippen LogP contribution in [0.25, 0.3) is 0 Å². The van der Waals surface area contributed by atoms with Crippen LogP contribution in [-0.2, 0) is 0 Å².